The zero-order valence-electron chi connectivity index (χ0n) is 10.6. The van der Waals surface area contributed by atoms with Crippen molar-refractivity contribution in [3.8, 4) is 0 Å². The van der Waals surface area contributed by atoms with Crippen LogP contribution in [0.15, 0.2) is 41.8 Å². The van der Waals surface area contributed by atoms with Gasteiger partial charge in [-0.25, -0.2) is 8.42 Å². The van der Waals surface area contributed by atoms with Gasteiger partial charge in [-0.1, -0.05) is 23.8 Å². The molecule has 94 valence electrons. The third-order valence-electron chi connectivity index (χ3n) is 2.51. The van der Waals surface area contributed by atoms with E-state index in [0.29, 0.717) is 11.4 Å². The van der Waals surface area contributed by atoms with E-state index in [0.717, 1.165) is 5.56 Å². The van der Waals surface area contributed by atoms with Gasteiger partial charge in [0.1, 0.15) is 0 Å². The van der Waals surface area contributed by atoms with Gasteiger partial charge < -0.3 is 0 Å². The maximum absolute atomic E-state index is 12.4. The van der Waals surface area contributed by atoms with Crippen molar-refractivity contribution >= 4 is 10.0 Å². The van der Waals surface area contributed by atoms with Gasteiger partial charge in [0.15, 0.2) is 0 Å². The first-order chi connectivity index (χ1) is 7.89. The SMILES string of the molecule is C=CCN(C(C)C)S(=O)(=O)c1ccc(C)cc1. The molecule has 17 heavy (non-hydrogen) atoms. The normalized spacial score (nSPS) is 12.1. The maximum Gasteiger partial charge on any atom is 0.243 e. The summed E-state index contributed by atoms with van der Waals surface area (Å²) in [4.78, 5) is 0.332. The topological polar surface area (TPSA) is 37.4 Å². The molecule has 1 aromatic rings. The predicted octanol–water partition coefficient (Wildman–Crippen LogP) is 2.58. The second kappa shape index (κ2) is 5.47. The summed E-state index contributed by atoms with van der Waals surface area (Å²) in [5, 5.41) is 0. The molecular formula is C13H19NO2S. The van der Waals surface area contributed by atoms with Crippen LogP contribution in [0.2, 0.25) is 0 Å². The molecule has 3 nitrogen and oxygen atoms in total. The molecular weight excluding hydrogens is 234 g/mol. The van der Waals surface area contributed by atoms with Crippen molar-refractivity contribution in [2.75, 3.05) is 6.54 Å². The fraction of sp³-hybridized carbons (Fsp3) is 0.385. The van der Waals surface area contributed by atoms with Crippen LogP contribution in [0, 0.1) is 6.92 Å². The van der Waals surface area contributed by atoms with Crippen LogP contribution in [0.4, 0.5) is 0 Å². The van der Waals surface area contributed by atoms with E-state index in [1.54, 1.807) is 30.3 Å². The van der Waals surface area contributed by atoms with E-state index in [2.05, 4.69) is 6.58 Å². The minimum absolute atomic E-state index is 0.0840. The van der Waals surface area contributed by atoms with Crippen LogP contribution in [-0.2, 0) is 10.0 Å². The molecule has 1 aromatic carbocycles. The summed E-state index contributed by atoms with van der Waals surface area (Å²) in [7, 11) is -3.42. The highest BCUT2D eigenvalue weighted by Crippen LogP contribution is 2.18. The first-order valence-electron chi connectivity index (χ1n) is 5.59. The van der Waals surface area contributed by atoms with Gasteiger partial charge >= 0.3 is 0 Å². The standard InChI is InChI=1S/C13H19NO2S/c1-5-10-14(11(2)3)17(15,16)13-8-6-12(4)7-9-13/h5-9,11H,1,10H2,2-4H3. The van der Waals surface area contributed by atoms with E-state index >= 15 is 0 Å². The third-order valence-corrected chi connectivity index (χ3v) is 4.57. The van der Waals surface area contributed by atoms with E-state index in [1.807, 2.05) is 20.8 Å². The summed E-state index contributed by atoms with van der Waals surface area (Å²) in [5.41, 5.74) is 1.05. The Kier molecular flexibility index (Phi) is 4.48. The van der Waals surface area contributed by atoms with Gasteiger partial charge in [-0.2, -0.15) is 4.31 Å². The molecule has 0 bridgehead atoms. The number of hydrogen-bond donors (Lipinski definition) is 0. The minimum atomic E-state index is -3.42. The van der Waals surface area contributed by atoms with E-state index in [9.17, 15) is 8.42 Å². The smallest absolute Gasteiger partial charge is 0.207 e. The number of benzene rings is 1. The molecule has 0 atom stereocenters. The van der Waals surface area contributed by atoms with Crippen LogP contribution < -0.4 is 0 Å². The Hall–Kier alpha value is -1.13. The largest absolute Gasteiger partial charge is 0.243 e. The second-order valence-corrected chi connectivity index (χ2v) is 6.16. The quantitative estimate of drug-likeness (QED) is 0.756. The number of nitrogens with zero attached hydrogens (tertiary/aromatic N) is 1. The van der Waals surface area contributed by atoms with Gasteiger partial charge in [-0.05, 0) is 32.9 Å². The van der Waals surface area contributed by atoms with E-state index in [1.165, 1.54) is 4.31 Å². The average molecular weight is 253 g/mol. The summed E-state index contributed by atoms with van der Waals surface area (Å²) in [6.07, 6.45) is 1.60. The van der Waals surface area contributed by atoms with Gasteiger partial charge in [-0.3, -0.25) is 0 Å². The molecule has 0 aliphatic rings. The summed E-state index contributed by atoms with van der Waals surface area (Å²) in [5.74, 6) is 0. The molecule has 4 heteroatoms. The van der Waals surface area contributed by atoms with Crippen molar-refractivity contribution in [1.29, 1.82) is 0 Å². The Morgan fingerprint density at radius 3 is 2.24 bits per heavy atom. The molecule has 0 spiro atoms. The first kappa shape index (κ1) is 13.9. The van der Waals surface area contributed by atoms with Crippen LogP contribution in [0.25, 0.3) is 0 Å². The molecule has 0 N–H and O–H groups in total. The lowest BCUT2D eigenvalue weighted by atomic mass is 10.2. The van der Waals surface area contributed by atoms with Crippen LogP contribution in [-0.4, -0.2) is 25.3 Å². The van der Waals surface area contributed by atoms with Crippen molar-refractivity contribution in [2.24, 2.45) is 0 Å². The predicted molar refractivity (Wildman–Crippen MR) is 70.4 cm³/mol. The molecule has 0 saturated carbocycles. The van der Waals surface area contributed by atoms with E-state index < -0.39 is 10.0 Å². The van der Waals surface area contributed by atoms with E-state index in [-0.39, 0.29) is 6.04 Å². The molecule has 0 aliphatic heterocycles. The lowest BCUT2D eigenvalue weighted by molar-refractivity contribution is 0.383. The molecule has 0 aliphatic carbocycles. The summed E-state index contributed by atoms with van der Waals surface area (Å²) in [6, 6.07) is 6.81. The molecule has 0 unspecified atom stereocenters. The Morgan fingerprint density at radius 1 is 1.29 bits per heavy atom. The third kappa shape index (κ3) is 3.17. The highest BCUT2D eigenvalue weighted by Gasteiger charge is 2.25. The van der Waals surface area contributed by atoms with Crippen molar-refractivity contribution < 1.29 is 8.42 Å². The van der Waals surface area contributed by atoms with Crippen LogP contribution in [0.1, 0.15) is 19.4 Å². The first-order valence-corrected chi connectivity index (χ1v) is 7.03. The van der Waals surface area contributed by atoms with Crippen LogP contribution >= 0.6 is 0 Å². The zero-order chi connectivity index (χ0) is 13.1. The maximum atomic E-state index is 12.4. The second-order valence-electron chi connectivity index (χ2n) is 4.27. The van der Waals surface area contributed by atoms with Gasteiger partial charge in [0.05, 0.1) is 4.90 Å². The van der Waals surface area contributed by atoms with Gasteiger partial charge in [0.2, 0.25) is 10.0 Å². The fourth-order valence-corrected chi connectivity index (χ4v) is 3.17. The molecule has 0 aromatic heterocycles. The number of rotatable bonds is 5. The Balaban J connectivity index is 3.16. The van der Waals surface area contributed by atoms with Crippen molar-refractivity contribution in [3.05, 3.63) is 42.5 Å². The molecule has 0 heterocycles. The minimum Gasteiger partial charge on any atom is -0.207 e. The fourth-order valence-electron chi connectivity index (χ4n) is 1.56. The average Bonchev–Trinajstić information content (AvgIpc) is 2.25. The number of sulfonamides is 1. The van der Waals surface area contributed by atoms with E-state index in [4.69, 9.17) is 0 Å². The summed E-state index contributed by atoms with van der Waals surface area (Å²) in [6.45, 7) is 9.57. The lowest BCUT2D eigenvalue weighted by Crippen LogP contribution is -2.36. The zero-order valence-corrected chi connectivity index (χ0v) is 11.4. The highest BCUT2D eigenvalue weighted by atomic mass is 32.2. The molecule has 0 fully saturated rings. The van der Waals surface area contributed by atoms with Gasteiger partial charge in [0.25, 0.3) is 0 Å². The monoisotopic (exact) mass is 253 g/mol. The Bertz CT molecular complexity index is 475. The van der Waals surface area contributed by atoms with Gasteiger partial charge in [0, 0.05) is 12.6 Å². The van der Waals surface area contributed by atoms with Crippen LogP contribution in [0.3, 0.4) is 0 Å². The number of aryl methyl sites for hydroxylation is 1. The number of hydrogen-bond acceptors (Lipinski definition) is 2. The molecule has 0 saturated heterocycles. The molecule has 1 rings (SSSR count). The molecule has 0 amide bonds. The summed E-state index contributed by atoms with van der Waals surface area (Å²) < 4.78 is 26.1. The molecule has 0 radical (unpaired) electrons. The highest BCUT2D eigenvalue weighted by molar-refractivity contribution is 7.89. The van der Waals surface area contributed by atoms with Gasteiger partial charge in [-0.15, -0.1) is 6.58 Å². The van der Waals surface area contributed by atoms with Crippen LogP contribution in [0.5, 0.6) is 0 Å². The van der Waals surface area contributed by atoms with Crippen molar-refractivity contribution in [2.45, 2.75) is 31.7 Å². The van der Waals surface area contributed by atoms with Crippen molar-refractivity contribution in [1.82, 2.24) is 4.31 Å². The lowest BCUT2D eigenvalue weighted by Gasteiger charge is -2.24. The Labute approximate surface area is 104 Å². The van der Waals surface area contributed by atoms with Crippen molar-refractivity contribution in [3.63, 3.8) is 0 Å². The Morgan fingerprint density at radius 2 is 1.82 bits per heavy atom. The summed E-state index contributed by atoms with van der Waals surface area (Å²) >= 11 is 0.